The highest BCUT2D eigenvalue weighted by molar-refractivity contribution is 5.98. The third-order valence-corrected chi connectivity index (χ3v) is 4.66. The van der Waals surface area contributed by atoms with Gasteiger partial charge in [-0.25, -0.2) is 9.69 Å². The molecule has 122 valence electrons. The lowest BCUT2D eigenvalue weighted by atomic mass is 10.0. The average molecular weight is 316 g/mol. The number of aryl methyl sites for hydroxylation is 2. The number of hydrogen-bond acceptors (Lipinski definition) is 4. The van der Waals surface area contributed by atoms with Crippen LogP contribution in [0, 0.1) is 13.8 Å². The molecule has 1 aromatic carbocycles. The standard InChI is InChI=1S/C17H20N2O4/c1-11-3-4-13(9-12(11)2)16(21)18-7-5-14(6-8-18)19-15(20)10-23-17(19)22/h3-4,9,14H,5-8,10H2,1-2H3. The number of carbonyl (C=O) groups excluding carboxylic acids is 3. The van der Waals surface area contributed by atoms with Crippen LogP contribution in [-0.2, 0) is 9.53 Å². The fourth-order valence-corrected chi connectivity index (χ4v) is 3.10. The van der Waals surface area contributed by atoms with Crippen molar-refractivity contribution in [3.8, 4) is 0 Å². The summed E-state index contributed by atoms with van der Waals surface area (Å²) in [5.41, 5.74) is 2.94. The smallest absolute Gasteiger partial charge is 0.417 e. The number of likely N-dealkylation sites (tertiary alicyclic amines) is 1. The number of rotatable bonds is 2. The fourth-order valence-electron chi connectivity index (χ4n) is 3.10. The lowest BCUT2D eigenvalue weighted by molar-refractivity contribution is -0.127. The van der Waals surface area contributed by atoms with Gasteiger partial charge in [-0.3, -0.25) is 9.59 Å². The zero-order chi connectivity index (χ0) is 16.6. The summed E-state index contributed by atoms with van der Waals surface area (Å²) < 4.78 is 4.76. The van der Waals surface area contributed by atoms with E-state index in [9.17, 15) is 14.4 Å². The molecule has 0 bridgehead atoms. The van der Waals surface area contributed by atoms with Crippen molar-refractivity contribution in [2.24, 2.45) is 0 Å². The van der Waals surface area contributed by atoms with Crippen LogP contribution in [0.5, 0.6) is 0 Å². The van der Waals surface area contributed by atoms with Crippen LogP contribution in [0.3, 0.4) is 0 Å². The first-order valence-corrected chi connectivity index (χ1v) is 7.82. The molecule has 0 aromatic heterocycles. The number of hydrogen-bond donors (Lipinski definition) is 0. The maximum Gasteiger partial charge on any atom is 0.417 e. The Morgan fingerprint density at radius 2 is 1.83 bits per heavy atom. The second-order valence-electron chi connectivity index (χ2n) is 6.14. The Bertz CT molecular complexity index is 647. The number of carbonyl (C=O) groups is 3. The van der Waals surface area contributed by atoms with Crippen LogP contribution in [0.2, 0.25) is 0 Å². The average Bonchev–Trinajstić information content (AvgIpc) is 2.88. The van der Waals surface area contributed by atoms with Crippen molar-refractivity contribution in [3.63, 3.8) is 0 Å². The Labute approximate surface area is 135 Å². The van der Waals surface area contributed by atoms with Gasteiger partial charge in [-0.2, -0.15) is 0 Å². The lowest BCUT2D eigenvalue weighted by Crippen LogP contribution is -2.48. The summed E-state index contributed by atoms with van der Waals surface area (Å²) in [6.45, 7) is 4.91. The molecule has 0 atom stereocenters. The molecule has 0 radical (unpaired) electrons. The van der Waals surface area contributed by atoms with E-state index in [0.717, 1.165) is 11.1 Å². The van der Waals surface area contributed by atoms with E-state index in [0.29, 0.717) is 31.5 Å². The number of benzene rings is 1. The molecular weight excluding hydrogens is 296 g/mol. The predicted molar refractivity (Wildman–Crippen MR) is 83.0 cm³/mol. The highest BCUT2D eigenvalue weighted by atomic mass is 16.6. The van der Waals surface area contributed by atoms with Crippen LogP contribution in [0.4, 0.5) is 4.79 Å². The molecule has 0 spiro atoms. The molecule has 3 amide bonds. The molecule has 6 nitrogen and oxygen atoms in total. The third kappa shape index (κ3) is 2.93. The van der Waals surface area contributed by atoms with Gasteiger partial charge in [-0.15, -0.1) is 0 Å². The first kappa shape index (κ1) is 15.5. The summed E-state index contributed by atoms with van der Waals surface area (Å²) in [5.74, 6) is -0.282. The van der Waals surface area contributed by atoms with Crippen LogP contribution in [0.25, 0.3) is 0 Å². The molecule has 0 N–H and O–H groups in total. The Kier molecular flexibility index (Phi) is 4.07. The summed E-state index contributed by atoms with van der Waals surface area (Å²) in [4.78, 5) is 38.8. The summed E-state index contributed by atoms with van der Waals surface area (Å²) in [6.07, 6.45) is 0.628. The molecule has 0 unspecified atom stereocenters. The van der Waals surface area contributed by atoms with Crippen molar-refractivity contribution in [2.75, 3.05) is 19.7 Å². The van der Waals surface area contributed by atoms with Crippen molar-refractivity contribution in [1.29, 1.82) is 0 Å². The number of piperidine rings is 1. The third-order valence-electron chi connectivity index (χ3n) is 4.66. The molecule has 23 heavy (non-hydrogen) atoms. The van der Waals surface area contributed by atoms with Crippen LogP contribution >= 0.6 is 0 Å². The normalized spacial score (nSPS) is 19.2. The first-order valence-electron chi connectivity index (χ1n) is 7.82. The van der Waals surface area contributed by atoms with Crippen molar-refractivity contribution in [3.05, 3.63) is 34.9 Å². The Hall–Kier alpha value is -2.37. The van der Waals surface area contributed by atoms with E-state index in [2.05, 4.69) is 0 Å². The van der Waals surface area contributed by atoms with Gasteiger partial charge in [0.25, 0.3) is 11.8 Å². The summed E-state index contributed by atoms with van der Waals surface area (Å²) in [7, 11) is 0. The Morgan fingerprint density at radius 3 is 2.39 bits per heavy atom. The van der Waals surface area contributed by atoms with Gasteiger partial charge in [-0.1, -0.05) is 6.07 Å². The van der Waals surface area contributed by atoms with E-state index in [1.807, 2.05) is 32.0 Å². The predicted octanol–water partition coefficient (Wildman–Crippen LogP) is 1.89. The second-order valence-corrected chi connectivity index (χ2v) is 6.14. The van der Waals surface area contributed by atoms with E-state index in [4.69, 9.17) is 4.74 Å². The van der Waals surface area contributed by atoms with Crippen molar-refractivity contribution < 1.29 is 19.1 Å². The molecular formula is C17H20N2O4. The number of cyclic esters (lactones) is 1. The van der Waals surface area contributed by atoms with Crippen LogP contribution in [0.15, 0.2) is 18.2 Å². The molecule has 0 aliphatic carbocycles. The van der Waals surface area contributed by atoms with Gasteiger partial charge < -0.3 is 9.64 Å². The molecule has 0 saturated carbocycles. The quantitative estimate of drug-likeness (QED) is 0.835. The Balaban J connectivity index is 1.64. The van der Waals surface area contributed by atoms with Crippen molar-refractivity contribution in [2.45, 2.75) is 32.7 Å². The maximum atomic E-state index is 12.6. The SMILES string of the molecule is Cc1ccc(C(=O)N2CCC(N3C(=O)COC3=O)CC2)cc1C. The topological polar surface area (TPSA) is 66.9 Å². The number of nitrogens with zero attached hydrogens (tertiary/aromatic N) is 2. The van der Waals surface area contributed by atoms with Crippen LogP contribution in [0.1, 0.15) is 34.3 Å². The molecule has 3 rings (SSSR count). The molecule has 2 fully saturated rings. The van der Waals surface area contributed by atoms with Crippen LogP contribution in [-0.4, -0.2) is 53.4 Å². The van der Waals surface area contributed by atoms with Gasteiger partial charge >= 0.3 is 6.09 Å². The van der Waals surface area contributed by atoms with E-state index >= 15 is 0 Å². The number of ether oxygens (including phenoxy) is 1. The molecule has 2 aliphatic heterocycles. The fraction of sp³-hybridized carbons (Fsp3) is 0.471. The molecule has 1 aromatic rings. The summed E-state index contributed by atoms with van der Waals surface area (Å²) >= 11 is 0. The molecule has 2 aliphatic rings. The van der Waals surface area contributed by atoms with Crippen molar-refractivity contribution in [1.82, 2.24) is 9.80 Å². The molecule has 6 heteroatoms. The summed E-state index contributed by atoms with van der Waals surface area (Å²) in [5, 5.41) is 0. The van der Waals surface area contributed by atoms with E-state index in [1.54, 1.807) is 4.90 Å². The van der Waals surface area contributed by atoms with E-state index in [1.165, 1.54) is 4.90 Å². The highest BCUT2D eigenvalue weighted by Crippen LogP contribution is 2.22. The molecule has 2 heterocycles. The van der Waals surface area contributed by atoms with E-state index < -0.39 is 6.09 Å². The van der Waals surface area contributed by atoms with Crippen molar-refractivity contribution >= 4 is 17.9 Å². The zero-order valence-electron chi connectivity index (χ0n) is 13.4. The largest absolute Gasteiger partial charge is 0.439 e. The minimum Gasteiger partial charge on any atom is -0.439 e. The van der Waals surface area contributed by atoms with Gasteiger partial charge in [0.05, 0.1) is 0 Å². The monoisotopic (exact) mass is 316 g/mol. The highest BCUT2D eigenvalue weighted by Gasteiger charge is 2.39. The van der Waals surface area contributed by atoms with Gasteiger partial charge in [0.15, 0.2) is 6.61 Å². The number of imide groups is 1. The van der Waals surface area contributed by atoms with Gasteiger partial charge in [-0.05, 0) is 49.9 Å². The lowest BCUT2D eigenvalue weighted by Gasteiger charge is -2.34. The molecule has 2 saturated heterocycles. The minimum atomic E-state index is -0.561. The first-order chi connectivity index (χ1) is 11.0. The van der Waals surface area contributed by atoms with Gasteiger partial charge in [0, 0.05) is 24.7 Å². The summed E-state index contributed by atoms with van der Waals surface area (Å²) in [6, 6.07) is 5.54. The maximum absolute atomic E-state index is 12.6. The van der Waals surface area contributed by atoms with E-state index in [-0.39, 0.29) is 24.5 Å². The van der Waals surface area contributed by atoms with Crippen LogP contribution < -0.4 is 0 Å². The van der Waals surface area contributed by atoms with Gasteiger partial charge in [0.2, 0.25) is 0 Å². The number of amides is 3. The zero-order valence-corrected chi connectivity index (χ0v) is 13.4. The Morgan fingerprint density at radius 1 is 1.13 bits per heavy atom. The second kappa shape index (κ2) is 6.02. The minimum absolute atomic E-state index is 0.00174. The van der Waals surface area contributed by atoms with Gasteiger partial charge in [0.1, 0.15) is 0 Å².